The Morgan fingerprint density at radius 2 is 1.88 bits per heavy atom. The van der Waals surface area contributed by atoms with Gasteiger partial charge in [-0.2, -0.15) is 10.2 Å². The fraction of sp³-hybridized carbons (Fsp3) is 0.167. The zero-order valence-corrected chi connectivity index (χ0v) is 17.5. The Kier molecular flexibility index (Phi) is 9.36. The SMILES string of the molecule is C.C=CC(=O)Nc1cccc(Nc2nc(Nc3ccc(OCCOC)cc3)ncc2C#N)c1. The first kappa shape index (κ1) is 24.8. The molecule has 0 unspecified atom stereocenters. The van der Waals surface area contributed by atoms with Crippen molar-refractivity contribution in [3.8, 4) is 11.8 Å². The van der Waals surface area contributed by atoms with Crippen molar-refractivity contribution in [2.45, 2.75) is 7.43 Å². The lowest BCUT2D eigenvalue weighted by molar-refractivity contribution is -0.111. The van der Waals surface area contributed by atoms with Crippen LogP contribution in [-0.4, -0.2) is 36.2 Å². The Morgan fingerprint density at radius 3 is 2.58 bits per heavy atom. The highest BCUT2D eigenvalue weighted by Gasteiger charge is 2.09. The van der Waals surface area contributed by atoms with Gasteiger partial charge in [-0.05, 0) is 48.5 Å². The number of carbonyl (C=O) groups is 1. The largest absolute Gasteiger partial charge is 0.491 e. The molecule has 0 aliphatic rings. The third-order valence-corrected chi connectivity index (χ3v) is 4.15. The van der Waals surface area contributed by atoms with Gasteiger partial charge < -0.3 is 25.4 Å². The maximum Gasteiger partial charge on any atom is 0.247 e. The second-order valence-corrected chi connectivity index (χ2v) is 6.46. The first-order chi connectivity index (χ1) is 15.6. The Bertz CT molecular complexity index is 1130. The fourth-order valence-electron chi connectivity index (χ4n) is 2.63. The minimum absolute atomic E-state index is 0. The van der Waals surface area contributed by atoms with Crippen LogP contribution in [0.3, 0.4) is 0 Å². The number of hydrogen-bond donors (Lipinski definition) is 3. The van der Waals surface area contributed by atoms with Crippen LogP contribution < -0.4 is 20.7 Å². The number of carbonyl (C=O) groups excluding carboxylic acids is 1. The summed E-state index contributed by atoms with van der Waals surface area (Å²) in [4.78, 5) is 20.1. The molecule has 33 heavy (non-hydrogen) atoms. The van der Waals surface area contributed by atoms with Crippen LogP contribution in [0.15, 0.2) is 67.4 Å². The summed E-state index contributed by atoms with van der Waals surface area (Å²) in [6.07, 6.45) is 2.62. The summed E-state index contributed by atoms with van der Waals surface area (Å²) in [7, 11) is 1.62. The summed E-state index contributed by atoms with van der Waals surface area (Å²) in [5.41, 5.74) is 2.26. The van der Waals surface area contributed by atoms with Crippen molar-refractivity contribution in [1.29, 1.82) is 5.26 Å². The van der Waals surface area contributed by atoms with Crippen molar-refractivity contribution in [3.63, 3.8) is 0 Å². The maximum atomic E-state index is 11.5. The van der Waals surface area contributed by atoms with Crippen LogP contribution in [0.5, 0.6) is 5.75 Å². The van der Waals surface area contributed by atoms with E-state index < -0.39 is 0 Å². The summed E-state index contributed by atoms with van der Waals surface area (Å²) < 4.78 is 10.5. The van der Waals surface area contributed by atoms with Gasteiger partial charge in [0.1, 0.15) is 24.0 Å². The molecule has 170 valence electrons. The van der Waals surface area contributed by atoms with Gasteiger partial charge in [-0.1, -0.05) is 20.1 Å². The number of nitrogens with zero attached hydrogens (tertiary/aromatic N) is 3. The minimum atomic E-state index is -0.316. The van der Waals surface area contributed by atoms with Crippen LogP contribution in [-0.2, 0) is 9.53 Å². The number of hydrogen-bond acceptors (Lipinski definition) is 8. The Labute approximate surface area is 193 Å². The molecule has 9 heteroatoms. The molecule has 3 N–H and O–H groups in total. The third kappa shape index (κ3) is 7.34. The van der Waals surface area contributed by atoms with Gasteiger partial charge in [0.15, 0.2) is 5.82 Å². The van der Waals surface area contributed by atoms with Gasteiger partial charge in [-0.3, -0.25) is 4.79 Å². The molecule has 0 aliphatic heterocycles. The van der Waals surface area contributed by atoms with E-state index >= 15 is 0 Å². The molecule has 1 heterocycles. The van der Waals surface area contributed by atoms with E-state index in [1.807, 2.05) is 24.3 Å². The quantitative estimate of drug-likeness (QED) is 0.305. The van der Waals surface area contributed by atoms with Gasteiger partial charge in [0.2, 0.25) is 11.9 Å². The molecule has 0 fully saturated rings. The first-order valence-electron chi connectivity index (χ1n) is 9.67. The highest BCUT2D eigenvalue weighted by molar-refractivity contribution is 5.99. The summed E-state index contributed by atoms with van der Waals surface area (Å²) in [6, 6.07) is 16.4. The van der Waals surface area contributed by atoms with Crippen LogP contribution in [0.1, 0.15) is 13.0 Å². The normalized spacial score (nSPS) is 9.70. The van der Waals surface area contributed by atoms with E-state index in [9.17, 15) is 10.1 Å². The van der Waals surface area contributed by atoms with Gasteiger partial charge in [-0.15, -0.1) is 0 Å². The number of aromatic nitrogens is 2. The van der Waals surface area contributed by atoms with E-state index in [4.69, 9.17) is 9.47 Å². The topological polar surface area (TPSA) is 121 Å². The summed E-state index contributed by atoms with van der Waals surface area (Å²) in [5.74, 6) is 1.05. The molecule has 1 amide bonds. The van der Waals surface area contributed by atoms with Crippen LogP contribution in [0.2, 0.25) is 0 Å². The molecule has 0 bridgehead atoms. The number of ether oxygens (including phenoxy) is 2. The van der Waals surface area contributed by atoms with Gasteiger partial charge in [0.25, 0.3) is 0 Å². The second kappa shape index (κ2) is 12.4. The molecular weight excluding hydrogens is 420 g/mol. The monoisotopic (exact) mass is 446 g/mol. The number of rotatable bonds is 10. The molecule has 2 aromatic carbocycles. The Hall–Kier alpha value is -4.42. The minimum Gasteiger partial charge on any atom is -0.491 e. The van der Waals surface area contributed by atoms with Crippen LogP contribution >= 0.6 is 0 Å². The number of benzene rings is 2. The van der Waals surface area contributed by atoms with Crippen molar-refractivity contribution in [1.82, 2.24) is 9.97 Å². The van der Waals surface area contributed by atoms with Crippen LogP contribution in [0.25, 0.3) is 0 Å². The zero-order chi connectivity index (χ0) is 22.8. The molecule has 0 radical (unpaired) electrons. The van der Waals surface area contributed by atoms with Crippen LogP contribution in [0, 0.1) is 11.3 Å². The third-order valence-electron chi connectivity index (χ3n) is 4.15. The van der Waals surface area contributed by atoms with E-state index in [-0.39, 0.29) is 18.9 Å². The summed E-state index contributed by atoms with van der Waals surface area (Å²) in [6.45, 7) is 4.42. The van der Waals surface area contributed by atoms with E-state index in [2.05, 4.69) is 38.6 Å². The highest BCUT2D eigenvalue weighted by Crippen LogP contribution is 2.24. The molecule has 0 atom stereocenters. The lowest BCUT2D eigenvalue weighted by Crippen LogP contribution is -2.07. The lowest BCUT2D eigenvalue weighted by Gasteiger charge is -2.12. The van der Waals surface area contributed by atoms with E-state index in [1.165, 1.54) is 12.3 Å². The predicted molar refractivity (Wildman–Crippen MR) is 129 cm³/mol. The number of anilines is 5. The summed E-state index contributed by atoms with van der Waals surface area (Å²) >= 11 is 0. The van der Waals surface area contributed by atoms with Crippen molar-refractivity contribution in [2.24, 2.45) is 0 Å². The lowest BCUT2D eigenvalue weighted by atomic mass is 10.2. The number of nitriles is 1. The Balaban J connectivity index is 0.00000385. The standard InChI is InChI=1S/C23H22N6O3.CH4/c1-3-21(30)26-18-5-4-6-19(13-18)27-22-16(14-24)15-25-23(29-22)28-17-7-9-20(10-8-17)32-12-11-31-2;/h3-10,13,15H,1,11-12H2,2H3,(H,26,30)(H2,25,27,28,29);1H4. The number of amides is 1. The van der Waals surface area contributed by atoms with Crippen molar-refractivity contribution >= 4 is 34.7 Å². The molecular formula is C24H26N6O3. The molecule has 3 aromatic rings. The van der Waals surface area contributed by atoms with Crippen LogP contribution in [0.4, 0.5) is 28.8 Å². The average molecular weight is 447 g/mol. The van der Waals surface area contributed by atoms with Crippen molar-refractivity contribution in [3.05, 3.63) is 72.9 Å². The molecule has 0 saturated carbocycles. The van der Waals surface area contributed by atoms with E-state index in [1.54, 1.807) is 31.4 Å². The first-order valence-corrected chi connectivity index (χ1v) is 9.67. The summed E-state index contributed by atoms with van der Waals surface area (Å²) in [5, 5.41) is 18.3. The second-order valence-electron chi connectivity index (χ2n) is 6.46. The van der Waals surface area contributed by atoms with E-state index in [0.29, 0.717) is 36.4 Å². The average Bonchev–Trinajstić information content (AvgIpc) is 2.81. The molecule has 1 aromatic heterocycles. The molecule has 0 aliphatic carbocycles. The van der Waals surface area contributed by atoms with Gasteiger partial charge in [-0.25, -0.2) is 4.98 Å². The molecule has 9 nitrogen and oxygen atoms in total. The smallest absolute Gasteiger partial charge is 0.247 e. The van der Waals surface area contributed by atoms with Gasteiger partial charge in [0.05, 0.1) is 12.8 Å². The van der Waals surface area contributed by atoms with Crippen molar-refractivity contribution in [2.75, 3.05) is 36.3 Å². The highest BCUT2D eigenvalue weighted by atomic mass is 16.5. The fourth-order valence-corrected chi connectivity index (χ4v) is 2.63. The van der Waals surface area contributed by atoms with Gasteiger partial charge >= 0.3 is 0 Å². The number of nitrogens with one attached hydrogen (secondary N) is 3. The molecule has 3 rings (SSSR count). The van der Waals surface area contributed by atoms with E-state index in [0.717, 1.165) is 11.4 Å². The van der Waals surface area contributed by atoms with Crippen molar-refractivity contribution < 1.29 is 14.3 Å². The molecule has 0 saturated heterocycles. The molecule has 0 spiro atoms. The Morgan fingerprint density at radius 1 is 1.12 bits per heavy atom. The number of methoxy groups -OCH3 is 1. The van der Waals surface area contributed by atoms with Gasteiger partial charge in [0, 0.05) is 24.2 Å². The zero-order valence-electron chi connectivity index (χ0n) is 17.5. The predicted octanol–water partition coefficient (Wildman–Crippen LogP) is 4.62. The maximum absolute atomic E-state index is 11.5.